The predicted molar refractivity (Wildman–Crippen MR) is 80.4 cm³/mol. The smallest absolute Gasteiger partial charge is 0.0802 e. The molecule has 1 N–H and O–H groups in total. The molecule has 1 atom stereocenters. The van der Waals surface area contributed by atoms with Gasteiger partial charge < -0.3 is 5.11 Å². The normalized spacial score (nSPS) is 20.7. The number of likely N-dealkylation sites (tertiary alicyclic amines) is 1. The van der Waals surface area contributed by atoms with Crippen molar-refractivity contribution in [3.8, 4) is 0 Å². The third-order valence-electron chi connectivity index (χ3n) is 4.37. The highest BCUT2D eigenvalue weighted by atomic mass is 16.3. The number of hydrogen-bond acceptors (Lipinski definition) is 2. The van der Waals surface area contributed by atoms with Crippen LogP contribution in [0.5, 0.6) is 0 Å². The van der Waals surface area contributed by atoms with Crippen molar-refractivity contribution >= 4 is 0 Å². The molecule has 1 saturated heterocycles. The predicted octanol–water partition coefficient (Wildman–Crippen LogP) is 3.60. The van der Waals surface area contributed by atoms with Crippen molar-refractivity contribution in [3.63, 3.8) is 0 Å². The lowest BCUT2D eigenvalue weighted by Crippen LogP contribution is -2.39. The molecule has 0 bridgehead atoms. The molecule has 2 nitrogen and oxygen atoms in total. The summed E-state index contributed by atoms with van der Waals surface area (Å²) < 4.78 is 0. The van der Waals surface area contributed by atoms with E-state index in [-0.39, 0.29) is 6.10 Å². The Morgan fingerprint density at radius 1 is 1.21 bits per heavy atom. The SMILES string of the molecule is Cc1cc(C)cc(C(O)CCN2CCCC2(C)C)c1. The fraction of sp³-hybridized carbons (Fsp3) is 0.647. The lowest BCUT2D eigenvalue weighted by molar-refractivity contribution is 0.115. The van der Waals surface area contributed by atoms with Crippen molar-refractivity contribution in [1.82, 2.24) is 4.90 Å². The lowest BCUT2D eigenvalue weighted by atomic mass is 9.99. The van der Waals surface area contributed by atoms with E-state index in [9.17, 15) is 5.11 Å². The zero-order valence-electron chi connectivity index (χ0n) is 12.7. The molecule has 0 aromatic heterocycles. The minimum Gasteiger partial charge on any atom is -0.388 e. The minimum absolute atomic E-state index is 0.308. The summed E-state index contributed by atoms with van der Waals surface area (Å²) in [4.78, 5) is 2.51. The Labute approximate surface area is 117 Å². The summed E-state index contributed by atoms with van der Waals surface area (Å²) in [6.07, 6.45) is 3.04. The van der Waals surface area contributed by atoms with E-state index in [1.54, 1.807) is 0 Å². The first-order chi connectivity index (χ1) is 8.88. The summed E-state index contributed by atoms with van der Waals surface area (Å²) in [5, 5.41) is 10.4. The molecule has 1 aliphatic heterocycles. The van der Waals surface area contributed by atoms with Gasteiger partial charge in [-0.3, -0.25) is 4.90 Å². The van der Waals surface area contributed by atoms with Gasteiger partial charge in [-0.05, 0) is 59.1 Å². The molecule has 1 unspecified atom stereocenters. The molecule has 0 aliphatic carbocycles. The summed E-state index contributed by atoms with van der Waals surface area (Å²) in [6, 6.07) is 6.36. The number of nitrogens with zero attached hydrogens (tertiary/aromatic N) is 1. The molecule has 0 saturated carbocycles. The third kappa shape index (κ3) is 3.58. The van der Waals surface area contributed by atoms with Gasteiger partial charge in [0.25, 0.3) is 0 Å². The van der Waals surface area contributed by atoms with Crippen molar-refractivity contribution in [2.24, 2.45) is 0 Å². The molecule has 0 amide bonds. The largest absolute Gasteiger partial charge is 0.388 e. The highest BCUT2D eigenvalue weighted by Crippen LogP contribution is 2.29. The first-order valence-electron chi connectivity index (χ1n) is 7.40. The highest BCUT2D eigenvalue weighted by molar-refractivity contribution is 5.29. The fourth-order valence-corrected chi connectivity index (χ4v) is 3.22. The molecule has 106 valence electrons. The maximum atomic E-state index is 10.4. The first kappa shape index (κ1) is 14.5. The zero-order chi connectivity index (χ0) is 14.0. The summed E-state index contributed by atoms with van der Waals surface area (Å²) in [5.41, 5.74) is 3.84. The Hall–Kier alpha value is -0.860. The molecular weight excluding hydrogens is 234 g/mol. The van der Waals surface area contributed by atoms with E-state index in [0.29, 0.717) is 5.54 Å². The van der Waals surface area contributed by atoms with Crippen LogP contribution < -0.4 is 0 Å². The van der Waals surface area contributed by atoms with Crippen LogP contribution in [0.3, 0.4) is 0 Å². The number of rotatable bonds is 4. The molecule has 0 spiro atoms. The number of aryl methyl sites for hydroxylation is 2. The first-order valence-corrected chi connectivity index (χ1v) is 7.40. The van der Waals surface area contributed by atoms with Gasteiger partial charge in [0.15, 0.2) is 0 Å². The van der Waals surface area contributed by atoms with Crippen LogP contribution in [0.2, 0.25) is 0 Å². The van der Waals surface area contributed by atoms with Gasteiger partial charge in [0, 0.05) is 12.1 Å². The summed E-state index contributed by atoms with van der Waals surface area (Å²) in [7, 11) is 0. The van der Waals surface area contributed by atoms with Crippen LogP contribution >= 0.6 is 0 Å². The third-order valence-corrected chi connectivity index (χ3v) is 4.37. The van der Waals surface area contributed by atoms with Gasteiger partial charge >= 0.3 is 0 Å². The average molecular weight is 261 g/mol. The van der Waals surface area contributed by atoms with Gasteiger partial charge in [0.1, 0.15) is 0 Å². The number of aliphatic hydroxyl groups is 1. The van der Waals surface area contributed by atoms with Gasteiger partial charge in [-0.25, -0.2) is 0 Å². The van der Waals surface area contributed by atoms with Crippen LogP contribution in [-0.4, -0.2) is 28.6 Å². The van der Waals surface area contributed by atoms with Crippen molar-refractivity contribution in [2.75, 3.05) is 13.1 Å². The maximum absolute atomic E-state index is 10.4. The van der Waals surface area contributed by atoms with Gasteiger partial charge in [0.2, 0.25) is 0 Å². The van der Waals surface area contributed by atoms with Crippen molar-refractivity contribution in [2.45, 2.75) is 58.6 Å². The quantitative estimate of drug-likeness (QED) is 0.895. The second kappa shape index (κ2) is 5.64. The van der Waals surface area contributed by atoms with Crippen LogP contribution in [0.1, 0.15) is 55.9 Å². The zero-order valence-corrected chi connectivity index (χ0v) is 12.7. The van der Waals surface area contributed by atoms with Crippen LogP contribution in [0.4, 0.5) is 0 Å². The van der Waals surface area contributed by atoms with E-state index in [0.717, 1.165) is 18.5 Å². The molecule has 1 aliphatic rings. The Bertz CT molecular complexity index is 419. The number of aliphatic hydroxyl groups excluding tert-OH is 1. The monoisotopic (exact) mass is 261 g/mol. The van der Waals surface area contributed by atoms with Gasteiger partial charge in [-0.15, -0.1) is 0 Å². The molecular formula is C17H27NO. The van der Waals surface area contributed by atoms with Crippen LogP contribution in [0.25, 0.3) is 0 Å². The highest BCUT2D eigenvalue weighted by Gasteiger charge is 2.31. The lowest BCUT2D eigenvalue weighted by Gasteiger charge is -2.32. The van der Waals surface area contributed by atoms with E-state index >= 15 is 0 Å². The molecule has 1 aromatic carbocycles. The van der Waals surface area contributed by atoms with E-state index in [4.69, 9.17) is 0 Å². The average Bonchev–Trinajstić information content (AvgIpc) is 2.64. The van der Waals surface area contributed by atoms with Crippen molar-refractivity contribution < 1.29 is 5.11 Å². The van der Waals surface area contributed by atoms with E-state index in [1.807, 2.05) is 0 Å². The number of benzene rings is 1. The maximum Gasteiger partial charge on any atom is 0.0802 e. The van der Waals surface area contributed by atoms with E-state index < -0.39 is 0 Å². The van der Waals surface area contributed by atoms with Crippen molar-refractivity contribution in [3.05, 3.63) is 34.9 Å². The Morgan fingerprint density at radius 3 is 2.37 bits per heavy atom. The standard InChI is InChI=1S/C17H27NO/c1-13-10-14(2)12-15(11-13)16(19)6-9-18-8-5-7-17(18,3)4/h10-12,16,19H,5-9H2,1-4H3. The molecule has 1 aromatic rings. The Morgan fingerprint density at radius 2 is 1.84 bits per heavy atom. The summed E-state index contributed by atoms with van der Waals surface area (Å²) in [5.74, 6) is 0. The molecule has 2 rings (SSSR count). The number of hydrogen-bond donors (Lipinski definition) is 1. The van der Waals surface area contributed by atoms with Crippen molar-refractivity contribution in [1.29, 1.82) is 0 Å². The molecule has 2 heteroatoms. The Balaban J connectivity index is 1.96. The fourth-order valence-electron chi connectivity index (χ4n) is 3.22. The minimum atomic E-state index is -0.338. The van der Waals surface area contributed by atoms with Crippen LogP contribution in [0, 0.1) is 13.8 Å². The van der Waals surface area contributed by atoms with Crippen LogP contribution in [0.15, 0.2) is 18.2 Å². The van der Waals surface area contributed by atoms with E-state index in [1.165, 1.54) is 30.5 Å². The molecule has 1 heterocycles. The summed E-state index contributed by atoms with van der Waals surface area (Å²) in [6.45, 7) is 11.0. The van der Waals surface area contributed by atoms with E-state index in [2.05, 4.69) is 50.8 Å². The topological polar surface area (TPSA) is 23.5 Å². The second-order valence-corrected chi connectivity index (χ2v) is 6.63. The Kier molecular flexibility index (Phi) is 4.32. The molecule has 1 fully saturated rings. The molecule has 19 heavy (non-hydrogen) atoms. The van der Waals surface area contributed by atoms with Crippen LogP contribution in [-0.2, 0) is 0 Å². The van der Waals surface area contributed by atoms with Gasteiger partial charge in [-0.1, -0.05) is 29.3 Å². The van der Waals surface area contributed by atoms with Gasteiger partial charge in [-0.2, -0.15) is 0 Å². The second-order valence-electron chi connectivity index (χ2n) is 6.63. The van der Waals surface area contributed by atoms with Gasteiger partial charge in [0.05, 0.1) is 6.10 Å². The molecule has 0 radical (unpaired) electrons. The summed E-state index contributed by atoms with van der Waals surface area (Å²) >= 11 is 0.